The summed E-state index contributed by atoms with van der Waals surface area (Å²) >= 11 is 3.55. The molecule has 0 fully saturated rings. The molecule has 0 aliphatic heterocycles. The van der Waals surface area contributed by atoms with E-state index in [0.29, 0.717) is 6.42 Å². The van der Waals surface area contributed by atoms with Crippen molar-refractivity contribution in [2.24, 2.45) is 5.92 Å². The average Bonchev–Trinajstić information content (AvgIpc) is 2.58. The van der Waals surface area contributed by atoms with Gasteiger partial charge < -0.3 is 9.90 Å². The average molecular weight is 451 g/mol. The Hall–Kier alpha value is 0.430. The Kier molecular flexibility index (Phi) is 24.9. The number of hydrogen-bond acceptors (Lipinski definition) is 2. The van der Waals surface area contributed by atoms with Crippen LogP contribution in [0.25, 0.3) is 0 Å². The van der Waals surface area contributed by atoms with Gasteiger partial charge in [-0.2, -0.15) is 0 Å². The smallest absolute Gasteiger partial charge is 0.550 e. The first kappa shape index (κ1) is 29.6. The third-order valence-corrected chi connectivity index (χ3v) is 5.29. The molecule has 27 heavy (non-hydrogen) atoms. The van der Waals surface area contributed by atoms with Crippen LogP contribution in [0.5, 0.6) is 0 Å². The summed E-state index contributed by atoms with van der Waals surface area (Å²) in [4.78, 5) is 10.3. The van der Waals surface area contributed by atoms with E-state index in [0.717, 1.165) is 25.2 Å². The SMILES string of the molecule is CC(C)CCCCCCCCCC/C=C\CC/C(Br)=C\CCCC(=O)[O-].[Na+]. The Morgan fingerprint density at radius 3 is 1.96 bits per heavy atom. The quantitative estimate of drug-likeness (QED) is 0.179. The third kappa shape index (κ3) is 26.4. The van der Waals surface area contributed by atoms with Gasteiger partial charge in [-0.15, -0.1) is 0 Å². The largest absolute Gasteiger partial charge is 1.00 e. The zero-order valence-corrected chi connectivity index (χ0v) is 21.7. The summed E-state index contributed by atoms with van der Waals surface area (Å²) in [6.45, 7) is 4.63. The van der Waals surface area contributed by atoms with Gasteiger partial charge in [0, 0.05) is 5.97 Å². The number of hydrogen-bond donors (Lipinski definition) is 0. The molecular formula is C23H40BrNaO2. The van der Waals surface area contributed by atoms with Crippen molar-refractivity contribution in [3.63, 3.8) is 0 Å². The molecule has 0 rings (SSSR count). The second-order valence-corrected chi connectivity index (χ2v) is 8.74. The van der Waals surface area contributed by atoms with Crippen LogP contribution >= 0.6 is 15.9 Å². The summed E-state index contributed by atoms with van der Waals surface area (Å²) in [7, 11) is 0. The van der Waals surface area contributed by atoms with Crippen molar-refractivity contribution < 1.29 is 39.5 Å². The Balaban J connectivity index is 0. The van der Waals surface area contributed by atoms with E-state index in [1.807, 2.05) is 0 Å². The summed E-state index contributed by atoms with van der Waals surface area (Å²) in [5.74, 6) is -0.0964. The van der Waals surface area contributed by atoms with Crippen LogP contribution < -0.4 is 34.7 Å². The maximum Gasteiger partial charge on any atom is 1.00 e. The van der Waals surface area contributed by atoms with Crippen LogP contribution in [-0.4, -0.2) is 5.97 Å². The van der Waals surface area contributed by atoms with E-state index >= 15 is 0 Å². The fraction of sp³-hybridized carbons (Fsp3) is 0.783. The predicted molar refractivity (Wildman–Crippen MR) is 115 cm³/mol. The van der Waals surface area contributed by atoms with Crippen molar-refractivity contribution in [1.82, 2.24) is 0 Å². The first-order chi connectivity index (χ1) is 12.5. The molecule has 0 amide bonds. The van der Waals surface area contributed by atoms with E-state index in [2.05, 4.69) is 48.0 Å². The van der Waals surface area contributed by atoms with Crippen LogP contribution in [0.15, 0.2) is 22.7 Å². The number of carbonyl (C=O) groups is 1. The normalized spacial score (nSPS) is 11.9. The van der Waals surface area contributed by atoms with Gasteiger partial charge >= 0.3 is 29.6 Å². The van der Waals surface area contributed by atoms with Crippen LogP contribution in [0.1, 0.15) is 110 Å². The number of halogens is 1. The minimum absolute atomic E-state index is 0. The molecule has 0 unspecified atom stereocenters. The molecule has 0 aliphatic rings. The van der Waals surface area contributed by atoms with Crippen molar-refractivity contribution in [3.05, 3.63) is 22.7 Å². The maximum absolute atomic E-state index is 10.3. The molecule has 0 spiro atoms. The molecule has 0 radical (unpaired) electrons. The van der Waals surface area contributed by atoms with Gasteiger partial charge in [0.25, 0.3) is 0 Å². The number of allylic oxidation sites excluding steroid dienone is 4. The molecule has 0 saturated heterocycles. The van der Waals surface area contributed by atoms with Crippen LogP contribution in [0, 0.1) is 5.92 Å². The molecule has 0 aromatic carbocycles. The van der Waals surface area contributed by atoms with Crippen molar-refractivity contribution in [1.29, 1.82) is 0 Å². The molecular weight excluding hydrogens is 411 g/mol. The second-order valence-electron chi connectivity index (χ2n) is 7.72. The summed E-state index contributed by atoms with van der Waals surface area (Å²) in [6, 6.07) is 0. The molecule has 2 nitrogen and oxygen atoms in total. The van der Waals surface area contributed by atoms with E-state index in [1.165, 1.54) is 68.7 Å². The molecule has 0 heterocycles. The van der Waals surface area contributed by atoms with Crippen molar-refractivity contribution in [3.8, 4) is 0 Å². The Morgan fingerprint density at radius 1 is 0.815 bits per heavy atom. The molecule has 0 saturated carbocycles. The van der Waals surface area contributed by atoms with Gasteiger partial charge in [0.2, 0.25) is 0 Å². The van der Waals surface area contributed by atoms with Crippen molar-refractivity contribution in [2.45, 2.75) is 110 Å². The predicted octanol–water partition coefficient (Wildman–Crippen LogP) is 4.08. The first-order valence-electron chi connectivity index (χ1n) is 10.7. The van der Waals surface area contributed by atoms with Crippen LogP contribution in [-0.2, 0) is 4.79 Å². The van der Waals surface area contributed by atoms with E-state index in [4.69, 9.17) is 0 Å². The van der Waals surface area contributed by atoms with Crippen LogP contribution in [0.3, 0.4) is 0 Å². The van der Waals surface area contributed by atoms with Gasteiger partial charge in [-0.1, -0.05) is 99.4 Å². The number of unbranched alkanes of at least 4 members (excludes halogenated alkanes) is 9. The van der Waals surface area contributed by atoms with Gasteiger partial charge in [0.05, 0.1) is 0 Å². The number of rotatable bonds is 18. The fourth-order valence-electron chi connectivity index (χ4n) is 2.94. The molecule has 0 N–H and O–H groups in total. The van der Waals surface area contributed by atoms with Gasteiger partial charge in [-0.3, -0.25) is 0 Å². The van der Waals surface area contributed by atoms with Crippen molar-refractivity contribution >= 4 is 21.9 Å². The summed E-state index contributed by atoms with van der Waals surface area (Å²) < 4.78 is 1.17. The number of aliphatic carboxylic acids is 1. The molecule has 152 valence electrons. The number of carboxylic acids is 1. The summed E-state index contributed by atoms with van der Waals surface area (Å²) in [6.07, 6.45) is 24.0. The van der Waals surface area contributed by atoms with E-state index in [-0.39, 0.29) is 36.0 Å². The monoisotopic (exact) mass is 450 g/mol. The van der Waals surface area contributed by atoms with Gasteiger partial charge in [-0.25, -0.2) is 0 Å². The molecule has 0 aromatic rings. The van der Waals surface area contributed by atoms with Crippen LogP contribution in [0.4, 0.5) is 0 Å². The van der Waals surface area contributed by atoms with Gasteiger partial charge in [-0.05, 0) is 55.3 Å². The Bertz CT molecular complexity index is 392. The standard InChI is InChI=1S/C23H41BrO2.Na/c1-21(2)17-13-11-9-7-5-3-4-6-8-10-12-14-18-22(24)19-15-16-20-23(25)26;/h10,12,19,21H,3-9,11,13-18,20H2,1-2H3,(H,25,26);/q;+1/p-1/b12-10-,22-19+;. The number of carbonyl (C=O) groups excluding carboxylic acids is 1. The van der Waals surface area contributed by atoms with Crippen LogP contribution in [0.2, 0.25) is 0 Å². The minimum atomic E-state index is -0.959. The first-order valence-corrected chi connectivity index (χ1v) is 11.5. The van der Waals surface area contributed by atoms with E-state index < -0.39 is 5.97 Å². The molecule has 0 aliphatic carbocycles. The third-order valence-electron chi connectivity index (χ3n) is 4.57. The molecule has 0 aromatic heterocycles. The fourth-order valence-corrected chi connectivity index (χ4v) is 3.40. The zero-order valence-electron chi connectivity index (χ0n) is 18.1. The van der Waals surface area contributed by atoms with E-state index in [9.17, 15) is 9.90 Å². The van der Waals surface area contributed by atoms with Crippen molar-refractivity contribution in [2.75, 3.05) is 0 Å². The number of carboxylic acid groups (broad SMARTS) is 1. The Morgan fingerprint density at radius 2 is 1.37 bits per heavy atom. The van der Waals surface area contributed by atoms with Gasteiger partial charge in [0.15, 0.2) is 0 Å². The summed E-state index contributed by atoms with van der Waals surface area (Å²) in [5.41, 5.74) is 0. The second kappa shape index (κ2) is 22.7. The Labute approximate surface area is 199 Å². The molecule has 4 heteroatoms. The topological polar surface area (TPSA) is 40.1 Å². The van der Waals surface area contributed by atoms with Gasteiger partial charge in [0.1, 0.15) is 0 Å². The minimum Gasteiger partial charge on any atom is -0.550 e. The van der Waals surface area contributed by atoms with E-state index in [1.54, 1.807) is 0 Å². The zero-order chi connectivity index (χ0) is 19.5. The summed E-state index contributed by atoms with van der Waals surface area (Å²) in [5, 5.41) is 10.3. The maximum atomic E-state index is 10.3. The molecule has 0 bridgehead atoms. The molecule has 0 atom stereocenters.